The number of hydrogen-bond donors (Lipinski definition) is 1. The molecular weight excluding hydrogens is 215 g/mol. The Kier molecular flexibility index (Phi) is 3.47. The topological polar surface area (TPSA) is 20.2 Å². The minimum atomic E-state index is -0.781. The zero-order valence-electron chi connectivity index (χ0n) is 6.00. The average molecular weight is 221 g/mol. The lowest BCUT2D eigenvalue weighted by molar-refractivity contribution is 0.255. The molecule has 0 amide bonds. The van der Waals surface area contributed by atoms with Crippen molar-refractivity contribution >= 4 is 40.8 Å². The molecule has 0 heterocycles. The fraction of sp³-hybridized carbons (Fsp3) is 0.125. The van der Waals surface area contributed by atoms with Crippen LogP contribution in [-0.4, -0.2) is 10.5 Å². The minimum Gasteiger partial charge on any atom is -0.383 e. The fourth-order valence-electron chi connectivity index (χ4n) is 0.824. The lowest BCUT2D eigenvalue weighted by Gasteiger charge is -2.05. The third-order valence-electron chi connectivity index (χ3n) is 1.36. The predicted octanol–water partition coefficient (Wildman–Crippen LogP) is 3.03. The summed E-state index contributed by atoms with van der Waals surface area (Å²) >= 11 is 16.0. The highest BCUT2D eigenvalue weighted by molar-refractivity contribution is 7.79. The van der Waals surface area contributed by atoms with Crippen LogP contribution in [0, 0.1) is 0 Å². The van der Waals surface area contributed by atoms with Gasteiger partial charge in [0.05, 0.1) is 0 Å². The highest BCUT2D eigenvalue weighted by Gasteiger charge is 2.05. The van der Waals surface area contributed by atoms with Gasteiger partial charge in [-0.1, -0.05) is 35.4 Å². The number of aliphatic hydroxyl groups excluding tert-OH is 1. The maximum Gasteiger partial charge on any atom is 0.107 e. The van der Waals surface area contributed by atoms with E-state index < -0.39 is 6.10 Å². The SMILES string of the molecule is O[C@H](C=S)c1cc(Cl)cc(Cl)c1. The molecule has 1 rings (SSSR count). The van der Waals surface area contributed by atoms with Crippen LogP contribution >= 0.6 is 35.4 Å². The van der Waals surface area contributed by atoms with Gasteiger partial charge in [-0.05, 0) is 23.8 Å². The Labute approximate surface area is 85.9 Å². The van der Waals surface area contributed by atoms with E-state index in [0.717, 1.165) is 0 Å². The molecule has 0 bridgehead atoms. The molecule has 0 aliphatic rings. The number of aliphatic hydroxyl groups is 1. The quantitative estimate of drug-likeness (QED) is 0.774. The van der Waals surface area contributed by atoms with Crippen molar-refractivity contribution in [2.24, 2.45) is 0 Å². The summed E-state index contributed by atoms with van der Waals surface area (Å²) in [5.41, 5.74) is 0.613. The van der Waals surface area contributed by atoms with Crippen molar-refractivity contribution in [3.8, 4) is 0 Å². The molecule has 64 valence electrons. The van der Waals surface area contributed by atoms with Crippen LogP contribution in [0.15, 0.2) is 18.2 Å². The molecule has 1 N–H and O–H groups in total. The summed E-state index contributed by atoms with van der Waals surface area (Å²) in [6.07, 6.45) is -0.781. The molecule has 4 heteroatoms. The molecule has 12 heavy (non-hydrogen) atoms. The Bertz CT molecular complexity index is 281. The first kappa shape index (κ1) is 9.93. The van der Waals surface area contributed by atoms with E-state index in [9.17, 15) is 5.11 Å². The van der Waals surface area contributed by atoms with Gasteiger partial charge in [-0.3, -0.25) is 0 Å². The second-order valence-corrected chi connectivity index (χ2v) is 3.43. The van der Waals surface area contributed by atoms with Crippen molar-refractivity contribution in [2.45, 2.75) is 6.10 Å². The highest BCUT2D eigenvalue weighted by atomic mass is 35.5. The maximum atomic E-state index is 9.30. The van der Waals surface area contributed by atoms with Gasteiger partial charge >= 0.3 is 0 Å². The number of benzene rings is 1. The van der Waals surface area contributed by atoms with Crippen LogP contribution in [0.25, 0.3) is 0 Å². The number of halogens is 2. The second kappa shape index (κ2) is 4.19. The van der Waals surface area contributed by atoms with Crippen LogP contribution in [0.5, 0.6) is 0 Å². The van der Waals surface area contributed by atoms with E-state index in [1.807, 2.05) is 0 Å². The van der Waals surface area contributed by atoms with Gasteiger partial charge in [-0.25, -0.2) is 0 Å². The van der Waals surface area contributed by atoms with Crippen LogP contribution in [0.3, 0.4) is 0 Å². The molecule has 0 unspecified atom stereocenters. The largest absolute Gasteiger partial charge is 0.383 e. The Hall–Kier alpha value is -0.150. The van der Waals surface area contributed by atoms with Crippen LogP contribution < -0.4 is 0 Å². The molecule has 1 aromatic rings. The van der Waals surface area contributed by atoms with Crippen LogP contribution in [0.4, 0.5) is 0 Å². The molecule has 1 atom stereocenters. The van der Waals surface area contributed by atoms with E-state index in [1.165, 1.54) is 5.37 Å². The van der Waals surface area contributed by atoms with Crippen molar-refractivity contribution < 1.29 is 5.11 Å². The molecule has 0 aliphatic heterocycles. The predicted molar refractivity (Wildman–Crippen MR) is 55.1 cm³/mol. The third-order valence-corrected chi connectivity index (χ3v) is 2.05. The number of rotatable bonds is 2. The van der Waals surface area contributed by atoms with Crippen molar-refractivity contribution in [3.63, 3.8) is 0 Å². The highest BCUT2D eigenvalue weighted by Crippen LogP contribution is 2.22. The number of thiocarbonyl (C=S) groups is 1. The number of hydrogen-bond acceptors (Lipinski definition) is 2. The van der Waals surface area contributed by atoms with Gasteiger partial charge in [-0.2, -0.15) is 0 Å². The van der Waals surface area contributed by atoms with E-state index >= 15 is 0 Å². The summed E-state index contributed by atoms with van der Waals surface area (Å²) in [5, 5.41) is 11.5. The molecule has 1 nitrogen and oxygen atoms in total. The molecule has 0 saturated carbocycles. The zero-order valence-corrected chi connectivity index (χ0v) is 8.33. The monoisotopic (exact) mass is 220 g/mol. The summed E-state index contributed by atoms with van der Waals surface area (Å²) < 4.78 is 0. The fourth-order valence-corrected chi connectivity index (χ4v) is 1.52. The van der Waals surface area contributed by atoms with Crippen LogP contribution in [0.2, 0.25) is 10.0 Å². The minimum absolute atomic E-state index is 0.494. The van der Waals surface area contributed by atoms with Gasteiger partial charge in [0.1, 0.15) is 6.10 Å². The Morgan fingerprint density at radius 2 is 1.75 bits per heavy atom. The van der Waals surface area contributed by atoms with Crippen LogP contribution in [0.1, 0.15) is 11.7 Å². The summed E-state index contributed by atoms with van der Waals surface area (Å²) in [4.78, 5) is 0. The van der Waals surface area contributed by atoms with Crippen molar-refractivity contribution in [1.29, 1.82) is 0 Å². The lowest BCUT2D eigenvalue weighted by atomic mass is 10.1. The van der Waals surface area contributed by atoms with E-state index in [0.29, 0.717) is 15.6 Å². The van der Waals surface area contributed by atoms with Crippen molar-refractivity contribution in [3.05, 3.63) is 33.8 Å². The molecule has 0 aromatic heterocycles. The summed E-state index contributed by atoms with van der Waals surface area (Å²) in [5.74, 6) is 0. The first-order chi connectivity index (χ1) is 5.63. The summed E-state index contributed by atoms with van der Waals surface area (Å²) in [6.45, 7) is 0. The first-order valence-electron chi connectivity index (χ1n) is 3.23. The van der Waals surface area contributed by atoms with E-state index in [2.05, 4.69) is 12.2 Å². The second-order valence-electron chi connectivity index (χ2n) is 2.28. The Morgan fingerprint density at radius 1 is 1.25 bits per heavy atom. The van der Waals surface area contributed by atoms with Gasteiger partial charge < -0.3 is 5.11 Å². The zero-order chi connectivity index (χ0) is 9.14. The summed E-state index contributed by atoms with van der Waals surface area (Å²) in [6, 6.07) is 4.85. The average Bonchev–Trinajstić information content (AvgIpc) is 2.01. The standard InChI is InChI=1S/C8H6Cl2OS/c9-6-1-5(8(11)4-12)2-7(10)3-6/h1-4,8,11H/t8-/m1/s1. The lowest BCUT2D eigenvalue weighted by Crippen LogP contribution is -1.96. The molecule has 0 fully saturated rings. The third kappa shape index (κ3) is 2.42. The van der Waals surface area contributed by atoms with E-state index in [4.69, 9.17) is 23.2 Å². The van der Waals surface area contributed by atoms with Gasteiger partial charge in [0.25, 0.3) is 0 Å². The first-order valence-corrected chi connectivity index (χ1v) is 4.45. The smallest absolute Gasteiger partial charge is 0.107 e. The van der Waals surface area contributed by atoms with E-state index in [1.54, 1.807) is 18.2 Å². The van der Waals surface area contributed by atoms with Crippen LogP contribution in [-0.2, 0) is 0 Å². The van der Waals surface area contributed by atoms with Crippen molar-refractivity contribution in [2.75, 3.05) is 0 Å². The van der Waals surface area contributed by atoms with E-state index in [-0.39, 0.29) is 0 Å². The molecule has 0 radical (unpaired) electrons. The van der Waals surface area contributed by atoms with Gasteiger partial charge in [0.15, 0.2) is 0 Å². The van der Waals surface area contributed by atoms with Gasteiger partial charge in [0.2, 0.25) is 0 Å². The Balaban J connectivity index is 3.08. The maximum absolute atomic E-state index is 9.30. The molecule has 0 spiro atoms. The Morgan fingerprint density at radius 3 is 2.17 bits per heavy atom. The molecular formula is C8H6Cl2OS. The van der Waals surface area contributed by atoms with Crippen molar-refractivity contribution in [1.82, 2.24) is 0 Å². The normalized spacial score (nSPS) is 12.6. The molecule has 0 saturated heterocycles. The molecule has 1 aromatic carbocycles. The summed E-state index contributed by atoms with van der Waals surface area (Å²) in [7, 11) is 0. The van der Waals surface area contributed by atoms with Gasteiger partial charge in [-0.15, -0.1) is 0 Å². The molecule has 0 aliphatic carbocycles. The van der Waals surface area contributed by atoms with Gasteiger partial charge in [0, 0.05) is 15.4 Å².